The molecule has 8 heteroatoms. The van der Waals surface area contributed by atoms with Crippen molar-refractivity contribution in [3.8, 4) is 11.4 Å². The topological polar surface area (TPSA) is 63.2 Å². The Hall–Kier alpha value is -2.16. The highest BCUT2D eigenvalue weighted by Crippen LogP contribution is 2.26. The van der Waals surface area contributed by atoms with Gasteiger partial charge in [-0.05, 0) is 48.5 Å². The molecule has 1 aromatic heterocycles. The molecule has 0 saturated heterocycles. The number of rotatable bonds is 3. The summed E-state index contributed by atoms with van der Waals surface area (Å²) in [5.74, 6) is 0.198. The number of sulfonamides is 1. The van der Waals surface area contributed by atoms with Gasteiger partial charge in [-0.2, -0.15) is 4.31 Å². The lowest BCUT2D eigenvalue weighted by molar-refractivity contribution is 0.387. The third-order valence-electron chi connectivity index (χ3n) is 4.45. The van der Waals surface area contributed by atoms with E-state index >= 15 is 0 Å². The van der Waals surface area contributed by atoms with Crippen molar-refractivity contribution in [2.24, 2.45) is 0 Å². The zero-order chi connectivity index (χ0) is 19.0. The van der Waals surface area contributed by atoms with E-state index in [-0.39, 0.29) is 17.3 Å². The minimum atomic E-state index is -3.57. The highest BCUT2D eigenvalue weighted by atomic mass is 79.9. The molecule has 0 spiro atoms. The zero-order valence-corrected chi connectivity index (χ0v) is 16.5. The lowest BCUT2D eigenvalue weighted by Crippen LogP contribution is -2.36. The molecule has 0 aliphatic carbocycles. The Balaban J connectivity index is 1.60. The number of halogens is 2. The van der Waals surface area contributed by atoms with Gasteiger partial charge in [-0.1, -0.05) is 15.9 Å². The number of hydrogen-bond acceptors (Lipinski definition) is 4. The Morgan fingerprint density at radius 3 is 2.44 bits per heavy atom. The molecule has 2 heterocycles. The Morgan fingerprint density at radius 2 is 1.74 bits per heavy atom. The van der Waals surface area contributed by atoms with Crippen molar-refractivity contribution in [2.75, 3.05) is 6.54 Å². The van der Waals surface area contributed by atoms with Crippen LogP contribution in [0.2, 0.25) is 0 Å². The molecular weight excluding hydrogens is 433 g/mol. The molecule has 0 N–H and O–H groups in total. The van der Waals surface area contributed by atoms with E-state index in [1.54, 1.807) is 42.6 Å². The smallest absolute Gasteiger partial charge is 0.236 e. The van der Waals surface area contributed by atoms with Crippen LogP contribution in [0.4, 0.5) is 4.39 Å². The minimum Gasteiger partial charge on any atom is -0.236 e. The van der Waals surface area contributed by atoms with Crippen LogP contribution in [0.25, 0.3) is 11.4 Å². The summed E-state index contributed by atoms with van der Waals surface area (Å²) in [7, 11) is -3.57. The first-order valence-electron chi connectivity index (χ1n) is 8.30. The second-order valence-corrected chi connectivity index (χ2v) is 9.07. The molecule has 5 nitrogen and oxygen atoms in total. The van der Waals surface area contributed by atoms with Gasteiger partial charge in [0.15, 0.2) is 5.82 Å². The summed E-state index contributed by atoms with van der Waals surface area (Å²) < 4.78 is 41.1. The predicted molar refractivity (Wildman–Crippen MR) is 103 cm³/mol. The molecule has 0 amide bonds. The molecular formula is C19H15BrFN3O2S. The molecule has 1 aliphatic heterocycles. The van der Waals surface area contributed by atoms with Crippen molar-refractivity contribution in [1.82, 2.24) is 14.3 Å². The fourth-order valence-electron chi connectivity index (χ4n) is 2.99. The maximum absolute atomic E-state index is 13.1. The molecule has 2 aromatic carbocycles. The highest BCUT2D eigenvalue weighted by Gasteiger charge is 2.29. The van der Waals surface area contributed by atoms with Gasteiger partial charge in [0.05, 0.1) is 10.6 Å². The quantitative estimate of drug-likeness (QED) is 0.612. The summed E-state index contributed by atoms with van der Waals surface area (Å²) in [6, 6.07) is 12.6. The summed E-state index contributed by atoms with van der Waals surface area (Å²) in [5.41, 5.74) is 2.34. The monoisotopic (exact) mass is 447 g/mol. The van der Waals surface area contributed by atoms with Crippen LogP contribution in [0.5, 0.6) is 0 Å². The van der Waals surface area contributed by atoms with E-state index in [0.717, 1.165) is 21.3 Å². The minimum absolute atomic E-state index is 0.234. The second-order valence-electron chi connectivity index (χ2n) is 6.21. The van der Waals surface area contributed by atoms with Crippen LogP contribution in [0, 0.1) is 5.82 Å². The fourth-order valence-corrected chi connectivity index (χ4v) is 4.67. The van der Waals surface area contributed by atoms with Crippen LogP contribution < -0.4 is 0 Å². The van der Waals surface area contributed by atoms with E-state index in [0.29, 0.717) is 18.8 Å². The Kier molecular flexibility index (Phi) is 4.79. The van der Waals surface area contributed by atoms with Gasteiger partial charge < -0.3 is 0 Å². The van der Waals surface area contributed by atoms with Crippen LogP contribution >= 0.6 is 15.9 Å². The largest absolute Gasteiger partial charge is 0.243 e. The average Bonchev–Trinajstić information content (AvgIpc) is 2.68. The molecule has 0 atom stereocenters. The van der Waals surface area contributed by atoms with Crippen LogP contribution in [-0.4, -0.2) is 29.2 Å². The lowest BCUT2D eigenvalue weighted by atomic mass is 10.1. The second kappa shape index (κ2) is 7.10. The van der Waals surface area contributed by atoms with Gasteiger partial charge in [-0.15, -0.1) is 0 Å². The van der Waals surface area contributed by atoms with Crippen LogP contribution in [0.3, 0.4) is 0 Å². The summed E-state index contributed by atoms with van der Waals surface area (Å²) in [4.78, 5) is 9.15. The van der Waals surface area contributed by atoms with Gasteiger partial charge >= 0.3 is 0 Å². The van der Waals surface area contributed by atoms with E-state index in [4.69, 9.17) is 0 Å². The van der Waals surface area contributed by atoms with Crippen LogP contribution in [0.15, 0.2) is 64.1 Å². The van der Waals surface area contributed by atoms with E-state index in [9.17, 15) is 12.8 Å². The maximum atomic E-state index is 13.1. The molecule has 1 aliphatic rings. The Morgan fingerprint density at radius 1 is 1.04 bits per heavy atom. The molecule has 3 aromatic rings. The molecule has 0 saturated carbocycles. The third-order valence-corrected chi connectivity index (χ3v) is 6.84. The third kappa shape index (κ3) is 3.65. The fraction of sp³-hybridized carbons (Fsp3) is 0.158. The molecule has 0 bridgehead atoms. The van der Waals surface area contributed by atoms with E-state index in [1.165, 1.54) is 16.4 Å². The highest BCUT2D eigenvalue weighted by molar-refractivity contribution is 9.10. The van der Waals surface area contributed by atoms with E-state index in [2.05, 4.69) is 25.9 Å². The number of nitrogens with zero attached hydrogens (tertiary/aromatic N) is 3. The normalized spacial score (nSPS) is 14.7. The Bertz CT molecular complexity index is 1090. The van der Waals surface area contributed by atoms with Gasteiger partial charge in [-0.25, -0.2) is 22.8 Å². The number of aromatic nitrogens is 2. The predicted octanol–water partition coefficient (Wildman–Crippen LogP) is 3.79. The Labute approximate surface area is 165 Å². The van der Waals surface area contributed by atoms with Gasteiger partial charge in [0.2, 0.25) is 10.0 Å². The zero-order valence-electron chi connectivity index (χ0n) is 14.1. The van der Waals surface area contributed by atoms with Crippen LogP contribution in [0.1, 0.15) is 11.3 Å². The summed E-state index contributed by atoms with van der Waals surface area (Å²) in [6.07, 6.45) is 2.16. The molecule has 0 fully saturated rings. The standard InChI is InChI=1S/C19H15BrFN3O2S/c20-15-3-7-17(8-4-15)27(25,26)24-10-9-18-14(12-24)11-22-19(23-18)13-1-5-16(21)6-2-13/h1-8,11H,9-10,12H2. The van der Waals surface area contributed by atoms with Crippen molar-refractivity contribution in [3.63, 3.8) is 0 Å². The number of benzene rings is 2. The number of fused-ring (bicyclic) bond motifs is 1. The van der Waals surface area contributed by atoms with Crippen LogP contribution in [-0.2, 0) is 23.0 Å². The number of hydrogen-bond donors (Lipinski definition) is 0. The van der Waals surface area contributed by atoms with Gasteiger partial charge in [0, 0.05) is 41.3 Å². The molecule has 27 heavy (non-hydrogen) atoms. The van der Waals surface area contributed by atoms with Gasteiger partial charge in [-0.3, -0.25) is 0 Å². The van der Waals surface area contributed by atoms with Gasteiger partial charge in [0.25, 0.3) is 0 Å². The average molecular weight is 448 g/mol. The first-order chi connectivity index (χ1) is 12.9. The van der Waals surface area contributed by atoms with Crippen molar-refractivity contribution in [3.05, 3.63) is 76.3 Å². The first kappa shape index (κ1) is 18.2. The molecule has 0 radical (unpaired) electrons. The summed E-state index contributed by atoms with van der Waals surface area (Å²) in [6.45, 7) is 0.586. The SMILES string of the molecule is O=S(=O)(c1ccc(Br)cc1)N1CCc2nc(-c3ccc(F)cc3)ncc2C1. The lowest BCUT2D eigenvalue weighted by Gasteiger charge is -2.27. The molecule has 4 rings (SSSR count). The van der Waals surface area contributed by atoms with Crippen molar-refractivity contribution in [1.29, 1.82) is 0 Å². The van der Waals surface area contributed by atoms with Gasteiger partial charge in [0.1, 0.15) is 5.82 Å². The van der Waals surface area contributed by atoms with E-state index < -0.39 is 10.0 Å². The maximum Gasteiger partial charge on any atom is 0.243 e. The van der Waals surface area contributed by atoms with E-state index in [1.807, 2.05) is 0 Å². The summed E-state index contributed by atoms with van der Waals surface area (Å²) in [5, 5.41) is 0. The van der Waals surface area contributed by atoms with Crippen molar-refractivity contribution in [2.45, 2.75) is 17.9 Å². The van der Waals surface area contributed by atoms with Crippen molar-refractivity contribution >= 4 is 26.0 Å². The molecule has 138 valence electrons. The van der Waals surface area contributed by atoms with Crippen molar-refractivity contribution < 1.29 is 12.8 Å². The summed E-state index contributed by atoms with van der Waals surface area (Å²) >= 11 is 3.31. The first-order valence-corrected chi connectivity index (χ1v) is 10.5. The molecule has 0 unspecified atom stereocenters.